The molecule has 0 spiro atoms. The molecular weight excluding hydrogens is 347 g/mol. The summed E-state index contributed by atoms with van der Waals surface area (Å²) in [6.45, 7) is 5.14. The lowest BCUT2D eigenvalue weighted by molar-refractivity contribution is 0.0772. The molecule has 0 unspecified atom stereocenters. The number of hydrogen-bond donors (Lipinski definition) is 1. The van der Waals surface area contributed by atoms with Gasteiger partial charge >= 0.3 is 0 Å². The van der Waals surface area contributed by atoms with Crippen LogP contribution in [0.5, 0.6) is 0 Å². The summed E-state index contributed by atoms with van der Waals surface area (Å²) in [5, 5.41) is 3.60. The molecule has 2 rings (SSSR count). The Kier molecular flexibility index (Phi) is 6.23. The maximum atomic E-state index is 12.3. The Morgan fingerprint density at radius 3 is 2.12 bits per heavy atom. The topological polar surface area (TPSA) is 49.4 Å². The molecule has 0 bridgehead atoms. The van der Waals surface area contributed by atoms with Gasteiger partial charge in [-0.2, -0.15) is 0 Å². The zero-order valence-corrected chi connectivity index (χ0v) is 15.0. The van der Waals surface area contributed by atoms with Crippen molar-refractivity contribution in [2.75, 3.05) is 18.4 Å². The van der Waals surface area contributed by atoms with E-state index in [1.807, 2.05) is 13.8 Å². The number of nitrogens with one attached hydrogen (secondary N) is 1. The second-order valence-electron chi connectivity index (χ2n) is 5.13. The third-order valence-electron chi connectivity index (χ3n) is 3.62. The predicted molar refractivity (Wildman–Crippen MR) is 98.1 cm³/mol. The van der Waals surface area contributed by atoms with E-state index < -0.39 is 0 Å². The van der Waals surface area contributed by atoms with Crippen LogP contribution in [0.1, 0.15) is 34.6 Å². The first kappa shape index (κ1) is 18.3. The summed E-state index contributed by atoms with van der Waals surface area (Å²) < 4.78 is 0. The Morgan fingerprint density at radius 1 is 0.958 bits per heavy atom. The minimum absolute atomic E-state index is 0.0511. The minimum Gasteiger partial charge on any atom is -0.339 e. The first-order chi connectivity index (χ1) is 11.5. The van der Waals surface area contributed by atoms with Gasteiger partial charge in [0.1, 0.15) is 0 Å². The number of amides is 2. The van der Waals surface area contributed by atoms with Crippen molar-refractivity contribution in [3.05, 3.63) is 63.6 Å². The Hall–Kier alpha value is -2.04. The SMILES string of the molecule is CCN(CC)C(=O)c1ccc(C(=O)Nc2cc(Cl)ccc2Cl)cc1. The van der Waals surface area contributed by atoms with E-state index in [9.17, 15) is 9.59 Å². The van der Waals surface area contributed by atoms with Gasteiger partial charge < -0.3 is 10.2 Å². The van der Waals surface area contributed by atoms with Gasteiger partial charge in [-0.25, -0.2) is 0 Å². The zero-order chi connectivity index (χ0) is 17.7. The third-order valence-corrected chi connectivity index (χ3v) is 4.19. The van der Waals surface area contributed by atoms with Gasteiger partial charge in [0.2, 0.25) is 0 Å². The van der Waals surface area contributed by atoms with E-state index in [2.05, 4.69) is 5.32 Å². The van der Waals surface area contributed by atoms with Gasteiger partial charge in [-0.15, -0.1) is 0 Å². The van der Waals surface area contributed by atoms with Crippen molar-refractivity contribution in [1.82, 2.24) is 4.90 Å². The van der Waals surface area contributed by atoms with Crippen molar-refractivity contribution in [3.63, 3.8) is 0 Å². The fourth-order valence-electron chi connectivity index (χ4n) is 2.25. The number of nitrogens with zero attached hydrogens (tertiary/aromatic N) is 1. The van der Waals surface area contributed by atoms with Gasteiger partial charge in [0.15, 0.2) is 0 Å². The van der Waals surface area contributed by atoms with Gasteiger partial charge in [0, 0.05) is 29.2 Å². The standard InChI is InChI=1S/C18H18Cl2N2O2/c1-3-22(4-2)18(24)13-7-5-12(6-8-13)17(23)21-16-11-14(19)9-10-15(16)20/h5-11H,3-4H2,1-2H3,(H,21,23). The first-order valence-corrected chi connectivity index (χ1v) is 8.37. The molecule has 0 aromatic heterocycles. The van der Waals surface area contributed by atoms with Crippen LogP contribution in [0.2, 0.25) is 10.0 Å². The van der Waals surface area contributed by atoms with Crippen LogP contribution in [-0.2, 0) is 0 Å². The highest BCUT2D eigenvalue weighted by Gasteiger charge is 2.14. The number of rotatable bonds is 5. The van der Waals surface area contributed by atoms with Crippen LogP contribution in [0.25, 0.3) is 0 Å². The van der Waals surface area contributed by atoms with Crippen LogP contribution < -0.4 is 5.32 Å². The van der Waals surface area contributed by atoms with Crippen LogP contribution in [-0.4, -0.2) is 29.8 Å². The van der Waals surface area contributed by atoms with Crippen molar-refractivity contribution in [1.29, 1.82) is 0 Å². The average Bonchev–Trinajstić information content (AvgIpc) is 2.59. The van der Waals surface area contributed by atoms with E-state index >= 15 is 0 Å². The van der Waals surface area contributed by atoms with Crippen LogP contribution in [0.4, 0.5) is 5.69 Å². The molecule has 2 aromatic rings. The highest BCUT2D eigenvalue weighted by molar-refractivity contribution is 6.35. The second kappa shape index (κ2) is 8.18. The van der Waals surface area contributed by atoms with Crippen LogP contribution >= 0.6 is 23.2 Å². The zero-order valence-electron chi connectivity index (χ0n) is 13.5. The highest BCUT2D eigenvalue weighted by atomic mass is 35.5. The summed E-state index contributed by atoms with van der Waals surface area (Å²) in [6, 6.07) is 11.4. The molecule has 24 heavy (non-hydrogen) atoms. The van der Waals surface area contributed by atoms with Crippen LogP contribution in [0.3, 0.4) is 0 Å². The molecule has 0 radical (unpaired) electrons. The van der Waals surface area contributed by atoms with Gasteiger partial charge in [-0.1, -0.05) is 23.2 Å². The molecule has 6 heteroatoms. The number of benzene rings is 2. The second-order valence-corrected chi connectivity index (χ2v) is 5.98. The number of carbonyl (C=O) groups excluding carboxylic acids is 2. The van der Waals surface area contributed by atoms with Gasteiger partial charge in [0.25, 0.3) is 11.8 Å². The van der Waals surface area contributed by atoms with Gasteiger partial charge in [0.05, 0.1) is 10.7 Å². The number of halogens is 2. The van der Waals surface area contributed by atoms with Gasteiger partial charge in [-0.3, -0.25) is 9.59 Å². The average molecular weight is 365 g/mol. The molecule has 2 amide bonds. The molecule has 0 aliphatic heterocycles. The summed E-state index contributed by atoms with van der Waals surface area (Å²) >= 11 is 11.9. The molecule has 4 nitrogen and oxygen atoms in total. The van der Waals surface area contributed by atoms with Crippen molar-refractivity contribution in [2.45, 2.75) is 13.8 Å². The molecule has 0 saturated heterocycles. The first-order valence-electron chi connectivity index (χ1n) is 7.62. The monoisotopic (exact) mass is 364 g/mol. The molecule has 0 saturated carbocycles. The molecule has 0 atom stereocenters. The summed E-state index contributed by atoms with van der Waals surface area (Å²) in [6.07, 6.45) is 0. The van der Waals surface area contributed by atoms with E-state index in [0.29, 0.717) is 39.9 Å². The quantitative estimate of drug-likeness (QED) is 0.833. The van der Waals surface area contributed by atoms with Crippen molar-refractivity contribution in [3.8, 4) is 0 Å². The summed E-state index contributed by atoms with van der Waals surface area (Å²) in [5.74, 6) is -0.370. The van der Waals surface area contributed by atoms with Crippen LogP contribution in [0.15, 0.2) is 42.5 Å². The lowest BCUT2D eigenvalue weighted by Crippen LogP contribution is -2.30. The Bertz CT molecular complexity index is 741. The molecule has 126 valence electrons. The lowest BCUT2D eigenvalue weighted by Gasteiger charge is -2.18. The van der Waals surface area contributed by atoms with E-state index in [4.69, 9.17) is 23.2 Å². The normalized spacial score (nSPS) is 10.3. The molecule has 0 heterocycles. The highest BCUT2D eigenvalue weighted by Crippen LogP contribution is 2.25. The van der Waals surface area contributed by atoms with E-state index in [1.165, 1.54) is 0 Å². The number of anilines is 1. The Balaban J connectivity index is 2.14. The van der Waals surface area contributed by atoms with E-state index in [1.54, 1.807) is 47.4 Å². The fourth-order valence-corrected chi connectivity index (χ4v) is 2.58. The van der Waals surface area contributed by atoms with Crippen LogP contribution in [0, 0.1) is 0 Å². The number of hydrogen-bond acceptors (Lipinski definition) is 2. The molecule has 0 aliphatic carbocycles. The smallest absolute Gasteiger partial charge is 0.255 e. The fraction of sp³-hybridized carbons (Fsp3) is 0.222. The molecule has 2 aromatic carbocycles. The molecule has 0 aliphatic rings. The maximum Gasteiger partial charge on any atom is 0.255 e. The molecular formula is C18H18Cl2N2O2. The van der Waals surface area contributed by atoms with Gasteiger partial charge in [-0.05, 0) is 56.3 Å². The minimum atomic E-state index is -0.319. The maximum absolute atomic E-state index is 12.3. The summed E-state index contributed by atoms with van der Waals surface area (Å²) in [7, 11) is 0. The Labute approximate surface area is 151 Å². The molecule has 1 N–H and O–H groups in total. The van der Waals surface area contributed by atoms with E-state index in [-0.39, 0.29) is 11.8 Å². The summed E-state index contributed by atoms with van der Waals surface area (Å²) in [5.41, 5.74) is 1.43. The largest absolute Gasteiger partial charge is 0.339 e. The number of carbonyl (C=O) groups is 2. The lowest BCUT2D eigenvalue weighted by atomic mass is 10.1. The van der Waals surface area contributed by atoms with Crippen molar-refractivity contribution < 1.29 is 9.59 Å². The Morgan fingerprint density at radius 2 is 1.54 bits per heavy atom. The molecule has 0 fully saturated rings. The van der Waals surface area contributed by atoms with E-state index in [0.717, 1.165) is 0 Å². The predicted octanol–water partition coefficient (Wildman–Crippen LogP) is 4.73. The summed E-state index contributed by atoms with van der Waals surface area (Å²) in [4.78, 5) is 26.3. The van der Waals surface area contributed by atoms with Crippen molar-refractivity contribution in [2.24, 2.45) is 0 Å². The van der Waals surface area contributed by atoms with Crippen molar-refractivity contribution >= 4 is 40.7 Å². The third kappa shape index (κ3) is 4.28.